The third kappa shape index (κ3) is 4.49. The van der Waals surface area contributed by atoms with Crippen LogP contribution in [0.1, 0.15) is 25.0 Å². The summed E-state index contributed by atoms with van der Waals surface area (Å²) in [5, 5.41) is 3.21. The number of aryl methyl sites for hydroxylation is 1. The minimum Gasteiger partial charge on any atom is -0.341 e. The maximum absolute atomic E-state index is 12.1. The maximum Gasteiger partial charge on any atom is 0.226 e. The van der Waals surface area contributed by atoms with Gasteiger partial charge in [-0.05, 0) is 19.0 Å². The fraction of sp³-hybridized carbons (Fsp3) is 0.533. The maximum atomic E-state index is 12.1. The first kappa shape index (κ1) is 14.7. The zero-order valence-electron chi connectivity index (χ0n) is 11.9. The first-order chi connectivity index (χ1) is 8.54. The third-order valence-electron chi connectivity index (χ3n) is 3.04. The summed E-state index contributed by atoms with van der Waals surface area (Å²) in [7, 11) is 1.87. The molecule has 18 heavy (non-hydrogen) atoms. The van der Waals surface area contributed by atoms with E-state index in [-0.39, 0.29) is 11.8 Å². The molecule has 0 aliphatic carbocycles. The zero-order chi connectivity index (χ0) is 13.5. The monoisotopic (exact) mass is 248 g/mol. The van der Waals surface area contributed by atoms with Crippen molar-refractivity contribution < 1.29 is 4.79 Å². The number of benzene rings is 1. The molecule has 0 bridgehead atoms. The van der Waals surface area contributed by atoms with Gasteiger partial charge in [0.05, 0.1) is 0 Å². The van der Waals surface area contributed by atoms with Gasteiger partial charge in [0.15, 0.2) is 0 Å². The standard InChI is InChI=1S/C15H24N2O/c1-5-16-10-13(3)15(18)17(4)11-14-8-6-12(2)7-9-14/h6-9,13,16H,5,10-11H2,1-4H3. The SMILES string of the molecule is CCNCC(C)C(=O)N(C)Cc1ccc(C)cc1. The van der Waals surface area contributed by atoms with E-state index in [1.54, 1.807) is 4.90 Å². The van der Waals surface area contributed by atoms with E-state index in [4.69, 9.17) is 0 Å². The van der Waals surface area contributed by atoms with Crippen LogP contribution in [0.5, 0.6) is 0 Å². The van der Waals surface area contributed by atoms with Crippen molar-refractivity contribution in [3.8, 4) is 0 Å². The van der Waals surface area contributed by atoms with Gasteiger partial charge in [-0.1, -0.05) is 43.7 Å². The molecule has 1 aromatic carbocycles. The molecule has 0 aliphatic rings. The minimum absolute atomic E-state index is 0.0281. The lowest BCUT2D eigenvalue weighted by Crippen LogP contribution is -2.36. The lowest BCUT2D eigenvalue weighted by molar-refractivity contribution is -0.134. The molecule has 0 aromatic heterocycles. The van der Waals surface area contributed by atoms with Crippen molar-refractivity contribution in [1.29, 1.82) is 0 Å². The van der Waals surface area contributed by atoms with Crippen LogP contribution in [-0.4, -0.2) is 30.9 Å². The molecule has 0 aliphatic heterocycles. The predicted molar refractivity (Wildman–Crippen MR) is 75.4 cm³/mol. The smallest absolute Gasteiger partial charge is 0.226 e. The Hall–Kier alpha value is -1.35. The molecule has 0 heterocycles. The molecule has 0 saturated carbocycles. The van der Waals surface area contributed by atoms with Crippen LogP contribution in [0, 0.1) is 12.8 Å². The van der Waals surface area contributed by atoms with Crippen molar-refractivity contribution >= 4 is 5.91 Å². The van der Waals surface area contributed by atoms with E-state index in [9.17, 15) is 4.79 Å². The second-order valence-corrected chi connectivity index (χ2v) is 4.89. The molecule has 0 radical (unpaired) electrons. The lowest BCUT2D eigenvalue weighted by Gasteiger charge is -2.21. The van der Waals surface area contributed by atoms with Crippen molar-refractivity contribution in [2.24, 2.45) is 5.92 Å². The Balaban J connectivity index is 2.51. The highest BCUT2D eigenvalue weighted by Crippen LogP contribution is 2.08. The van der Waals surface area contributed by atoms with Gasteiger partial charge >= 0.3 is 0 Å². The zero-order valence-corrected chi connectivity index (χ0v) is 11.9. The summed E-state index contributed by atoms with van der Waals surface area (Å²) in [6.07, 6.45) is 0. The van der Waals surface area contributed by atoms with E-state index in [0.717, 1.165) is 13.1 Å². The summed E-state index contributed by atoms with van der Waals surface area (Å²) >= 11 is 0. The number of carbonyl (C=O) groups is 1. The molecule has 100 valence electrons. The highest BCUT2D eigenvalue weighted by molar-refractivity contribution is 5.78. The first-order valence-electron chi connectivity index (χ1n) is 6.55. The summed E-state index contributed by atoms with van der Waals surface area (Å²) in [6.45, 7) is 8.41. The number of hydrogen-bond acceptors (Lipinski definition) is 2. The van der Waals surface area contributed by atoms with Crippen molar-refractivity contribution in [2.45, 2.75) is 27.3 Å². The average Bonchev–Trinajstić information content (AvgIpc) is 2.37. The first-order valence-corrected chi connectivity index (χ1v) is 6.55. The Labute approximate surface area is 110 Å². The van der Waals surface area contributed by atoms with Gasteiger partial charge in [0.1, 0.15) is 0 Å². The normalized spacial score (nSPS) is 12.2. The van der Waals surface area contributed by atoms with Gasteiger partial charge in [-0.25, -0.2) is 0 Å². The van der Waals surface area contributed by atoms with Crippen molar-refractivity contribution in [2.75, 3.05) is 20.1 Å². The van der Waals surface area contributed by atoms with Gasteiger partial charge in [-0.3, -0.25) is 4.79 Å². The fourth-order valence-corrected chi connectivity index (χ4v) is 1.87. The molecule has 0 saturated heterocycles. The molecule has 0 fully saturated rings. The van der Waals surface area contributed by atoms with Crippen LogP contribution in [0.4, 0.5) is 0 Å². The van der Waals surface area contributed by atoms with Crippen LogP contribution in [0.25, 0.3) is 0 Å². The van der Waals surface area contributed by atoms with Gasteiger partial charge in [0.2, 0.25) is 5.91 Å². The molecule has 3 heteroatoms. The molecule has 0 spiro atoms. The van der Waals surface area contributed by atoms with Crippen molar-refractivity contribution in [3.63, 3.8) is 0 Å². The van der Waals surface area contributed by atoms with Crippen LogP contribution in [-0.2, 0) is 11.3 Å². The average molecular weight is 248 g/mol. The second-order valence-electron chi connectivity index (χ2n) is 4.89. The largest absolute Gasteiger partial charge is 0.341 e. The summed E-state index contributed by atoms with van der Waals surface area (Å²) in [6, 6.07) is 8.31. The number of carbonyl (C=O) groups excluding carboxylic acids is 1. The molecule has 1 unspecified atom stereocenters. The lowest BCUT2D eigenvalue weighted by atomic mass is 10.1. The van der Waals surface area contributed by atoms with Gasteiger partial charge in [0.25, 0.3) is 0 Å². The van der Waals surface area contributed by atoms with E-state index in [1.165, 1.54) is 11.1 Å². The van der Waals surface area contributed by atoms with E-state index in [2.05, 4.69) is 36.5 Å². The van der Waals surface area contributed by atoms with E-state index >= 15 is 0 Å². The van der Waals surface area contributed by atoms with Gasteiger partial charge < -0.3 is 10.2 Å². The fourth-order valence-electron chi connectivity index (χ4n) is 1.87. The van der Waals surface area contributed by atoms with Gasteiger partial charge in [-0.2, -0.15) is 0 Å². The van der Waals surface area contributed by atoms with Crippen LogP contribution in [0.15, 0.2) is 24.3 Å². The molecule has 1 amide bonds. The van der Waals surface area contributed by atoms with Crippen LogP contribution >= 0.6 is 0 Å². The van der Waals surface area contributed by atoms with Gasteiger partial charge in [-0.15, -0.1) is 0 Å². The van der Waals surface area contributed by atoms with E-state index in [1.807, 2.05) is 20.9 Å². The molecule has 3 nitrogen and oxygen atoms in total. The highest BCUT2D eigenvalue weighted by Gasteiger charge is 2.16. The number of hydrogen-bond donors (Lipinski definition) is 1. The molecule has 1 atom stereocenters. The summed E-state index contributed by atoms with van der Waals surface area (Å²) in [5.41, 5.74) is 2.42. The van der Waals surface area contributed by atoms with Gasteiger partial charge in [0, 0.05) is 26.1 Å². The molecular weight excluding hydrogens is 224 g/mol. The summed E-state index contributed by atoms with van der Waals surface area (Å²) in [4.78, 5) is 13.9. The van der Waals surface area contributed by atoms with Crippen LogP contribution in [0.3, 0.4) is 0 Å². The summed E-state index contributed by atoms with van der Waals surface area (Å²) in [5.74, 6) is 0.219. The van der Waals surface area contributed by atoms with Crippen LogP contribution < -0.4 is 5.32 Å². The molecule has 1 aromatic rings. The Morgan fingerprint density at radius 1 is 1.33 bits per heavy atom. The second kappa shape index (κ2) is 7.17. The minimum atomic E-state index is 0.0281. The quantitative estimate of drug-likeness (QED) is 0.837. The number of nitrogens with zero attached hydrogens (tertiary/aromatic N) is 1. The molecule has 1 N–H and O–H groups in total. The molecule has 1 rings (SSSR count). The van der Waals surface area contributed by atoms with Crippen LogP contribution in [0.2, 0.25) is 0 Å². The predicted octanol–water partition coefficient (Wildman–Crippen LogP) is 2.20. The van der Waals surface area contributed by atoms with Crippen molar-refractivity contribution in [1.82, 2.24) is 10.2 Å². The van der Waals surface area contributed by atoms with Crippen molar-refractivity contribution in [3.05, 3.63) is 35.4 Å². The Morgan fingerprint density at radius 3 is 2.50 bits per heavy atom. The topological polar surface area (TPSA) is 32.3 Å². The number of nitrogens with one attached hydrogen (secondary N) is 1. The number of rotatable bonds is 6. The Bertz CT molecular complexity index is 373. The Morgan fingerprint density at radius 2 is 1.94 bits per heavy atom. The third-order valence-corrected chi connectivity index (χ3v) is 3.04. The van der Waals surface area contributed by atoms with E-state index in [0.29, 0.717) is 6.54 Å². The number of amides is 1. The van der Waals surface area contributed by atoms with E-state index < -0.39 is 0 Å². The highest BCUT2D eigenvalue weighted by atomic mass is 16.2. The Kier molecular flexibility index (Phi) is 5.86. The molecular formula is C15H24N2O. The summed E-state index contributed by atoms with van der Waals surface area (Å²) < 4.78 is 0.